The lowest BCUT2D eigenvalue weighted by atomic mass is 9.95. The number of hydrogen-bond acceptors (Lipinski definition) is 7. The summed E-state index contributed by atoms with van der Waals surface area (Å²) in [6, 6.07) is 11.2. The zero-order chi connectivity index (χ0) is 23.9. The fourth-order valence-corrected chi connectivity index (χ4v) is 4.24. The molecule has 1 amide bonds. The molecule has 0 aromatic heterocycles. The predicted molar refractivity (Wildman–Crippen MR) is 112 cm³/mol. The van der Waals surface area contributed by atoms with Gasteiger partial charge in [0.2, 0.25) is 13.6 Å². The minimum atomic E-state index is -4.60. The number of benzene rings is 2. The van der Waals surface area contributed by atoms with Crippen molar-refractivity contribution >= 4 is 6.09 Å². The maximum Gasteiger partial charge on any atom is 0.425 e. The van der Waals surface area contributed by atoms with Gasteiger partial charge in [-0.25, -0.2) is 4.79 Å². The molecule has 2 aromatic rings. The third-order valence-corrected chi connectivity index (χ3v) is 6.10. The first-order valence-corrected chi connectivity index (χ1v) is 10.8. The number of rotatable bonds is 4. The summed E-state index contributed by atoms with van der Waals surface area (Å²) in [6.07, 6.45) is -7.72. The van der Waals surface area contributed by atoms with E-state index < -0.39 is 18.4 Å². The monoisotopic (exact) mass is 480 g/mol. The SMILES string of the molecule is CC(OC(=O)N1CCN(C(c2ccc3c(c2)OCO3)c2ccc3c(c2)OCO3)CC1)C(F)(F)F. The average Bonchev–Trinajstić information content (AvgIpc) is 3.47. The van der Waals surface area contributed by atoms with Crippen LogP contribution in [-0.4, -0.2) is 67.9 Å². The molecule has 0 bridgehead atoms. The molecule has 5 rings (SSSR count). The van der Waals surface area contributed by atoms with E-state index in [1.54, 1.807) is 0 Å². The summed E-state index contributed by atoms with van der Waals surface area (Å²) in [6.45, 7) is 2.47. The van der Waals surface area contributed by atoms with Crippen LogP contribution >= 0.6 is 0 Å². The van der Waals surface area contributed by atoms with Gasteiger partial charge in [-0.1, -0.05) is 12.1 Å². The van der Waals surface area contributed by atoms with E-state index in [1.807, 2.05) is 36.4 Å². The molecule has 0 spiro atoms. The Hall–Kier alpha value is -3.34. The molecule has 1 atom stereocenters. The number of carbonyl (C=O) groups excluding carboxylic acids is 1. The number of alkyl halides is 3. The maximum atomic E-state index is 12.8. The summed E-state index contributed by atoms with van der Waals surface area (Å²) in [5.74, 6) is 2.62. The average molecular weight is 480 g/mol. The third-order valence-electron chi connectivity index (χ3n) is 6.10. The fraction of sp³-hybridized carbons (Fsp3) is 0.435. The maximum absolute atomic E-state index is 12.8. The van der Waals surface area contributed by atoms with Gasteiger partial charge in [0.25, 0.3) is 0 Å². The molecular formula is C23H23F3N2O6. The zero-order valence-corrected chi connectivity index (χ0v) is 18.3. The van der Waals surface area contributed by atoms with Crippen molar-refractivity contribution in [2.75, 3.05) is 39.8 Å². The Bertz CT molecular complexity index is 1010. The number of amides is 1. The van der Waals surface area contributed by atoms with Crippen molar-refractivity contribution in [3.05, 3.63) is 47.5 Å². The van der Waals surface area contributed by atoms with Gasteiger partial charge >= 0.3 is 12.3 Å². The molecule has 3 aliphatic rings. The number of fused-ring (bicyclic) bond motifs is 2. The van der Waals surface area contributed by atoms with Crippen LogP contribution in [0.25, 0.3) is 0 Å². The molecular weight excluding hydrogens is 457 g/mol. The molecule has 34 heavy (non-hydrogen) atoms. The van der Waals surface area contributed by atoms with Crippen LogP contribution in [0.4, 0.5) is 18.0 Å². The van der Waals surface area contributed by atoms with Crippen molar-refractivity contribution < 1.29 is 41.7 Å². The second-order valence-electron chi connectivity index (χ2n) is 8.22. The first kappa shape index (κ1) is 22.5. The van der Waals surface area contributed by atoms with Crippen molar-refractivity contribution in [1.29, 1.82) is 0 Å². The lowest BCUT2D eigenvalue weighted by molar-refractivity contribution is -0.200. The summed E-state index contributed by atoms with van der Waals surface area (Å²) in [5.41, 5.74) is 1.90. The molecule has 8 nitrogen and oxygen atoms in total. The van der Waals surface area contributed by atoms with Crippen LogP contribution in [0, 0.1) is 0 Å². The molecule has 182 valence electrons. The number of ether oxygens (including phenoxy) is 5. The topological polar surface area (TPSA) is 69.7 Å². The van der Waals surface area contributed by atoms with Gasteiger partial charge in [-0.2, -0.15) is 13.2 Å². The van der Waals surface area contributed by atoms with Gasteiger partial charge in [-0.3, -0.25) is 4.90 Å². The number of nitrogens with zero attached hydrogens (tertiary/aromatic N) is 2. The van der Waals surface area contributed by atoms with Crippen LogP contribution in [-0.2, 0) is 4.74 Å². The minimum Gasteiger partial charge on any atom is -0.454 e. The molecule has 0 N–H and O–H groups in total. The standard InChI is InChI=1S/C23H23F3N2O6/c1-14(23(24,25)26)34-22(29)28-8-6-27(7-9-28)21(15-2-4-17-19(10-15)32-12-30-17)16-3-5-18-20(11-16)33-13-31-18/h2-5,10-11,14,21H,6-9,12-13H2,1H3. The first-order valence-electron chi connectivity index (χ1n) is 10.8. The Morgan fingerprint density at radius 1 is 0.853 bits per heavy atom. The lowest BCUT2D eigenvalue weighted by Gasteiger charge is -2.39. The Morgan fingerprint density at radius 3 is 1.85 bits per heavy atom. The number of halogens is 3. The van der Waals surface area contributed by atoms with E-state index in [1.165, 1.54) is 4.90 Å². The van der Waals surface area contributed by atoms with Gasteiger partial charge in [0.15, 0.2) is 29.1 Å². The molecule has 0 aliphatic carbocycles. The van der Waals surface area contributed by atoms with Crippen molar-refractivity contribution in [3.8, 4) is 23.0 Å². The number of hydrogen-bond donors (Lipinski definition) is 0. The van der Waals surface area contributed by atoms with Crippen LogP contribution < -0.4 is 18.9 Å². The minimum absolute atomic E-state index is 0.157. The van der Waals surface area contributed by atoms with E-state index in [2.05, 4.69) is 9.64 Å². The largest absolute Gasteiger partial charge is 0.454 e. The summed E-state index contributed by atoms with van der Waals surface area (Å²) in [7, 11) is 0. The van der Waals surface area contributed by atoms with E-state index in [0.717, 1.165) is 18.1 Å². The van der Waals surface area contributed by atoms with Crippen LogP contribution in [0.5, 0.6) is 23.0 Å². The summed E-state index contributed by atoms with van der Waals surface area (Å²) < 4.78 is 64.9. The van der Waals surface area contributed by atoms with E-state index in [-0.39, 0.29) is 32.7 Å². The smallest absolute Gasteiger partial charge is 0.425 e. The molecule has 3 heterocycles. The highest BCUT2D eigenvalue weighted by molar-refractivity contribution is 5.68. The van der Waals surface area contributed by atoms with E-state index in [0.29, 0.717) is 36.1 Å². The van der Waals surface area contributed by atoms with E-state index in [9.17, 15) is 18.0 Å². The van der Waals surface area contributed by atoms with Gasteiger partial charge in [0.1, 0.15) is 0 Å². The highest BCUT2D eigenvalue weighted by atomic mass is 19.4. The number of carbonyl (C=O) groups is 1. The molecule has 0 saturated carbocycles. The predicted octanol–water partition coefficient (Wildman–Crippen LogP) is 3.94. The van der Waals surface area contributed by atoms with Gasteiger partial charge < -0.3 is 28.6 Å². The van der Waals surface area contributed by atoms with Crippen LogP contribution in [0.15, 0.2) is 36.4 Å². The van der Waals surface area contributed by atoms with Crippen LogP contribution in [0.2, 0.25) is 0 Å². The van der Waals surface area contributed by atoms with Crippen LogP contribution in [0.1, 0.15) is 24.1 Å². The number of piperazine rings is 1. The Balaban J connectivity index is 1.36. The summed E-state index contributed by atoms with van der Waals surface area (Å²) in [4.78, 5) is 15.7. The van der Waals surface area contributed by atoms with Crippen molar-refractivity contribution in [2.45, 2.75) is 25.2 Å². The molecule has 1 unspecified atom stereocenters. The van der Waals surface area contributed by atoms with E-state index in [4.69, 9.17) is 18.9 Å². The van der Waals surface area contributed by atoms with Crippen molar-refractivity contribution in [2.24, 2.45) is 0 Å². The summed E-state index contributed by atoms with van der Waals surface area (Å²) in [5, 5.41) is 0. The van der Waals surface area contributed by atoms with Gasteiger partial charge in [-0.15, -0.1) is 0 Å². The van der Waals surface area contributed by atoms with Gasteiger partial charge in [0, 0.05) is 26.2 Å². The molecule has 2 aromatic carbocycles. The normalized spacial score (nSPS) is 18.3. The molecule has 3 aliphatic heterocycles. The molecule has 1 fully saturated rings. The fourth-order valence-electron chi connectivity index (χ4n) is 4.24. The molecule has 0 radical (unpaired) electrons. The quantitative estimate of drug-likeness (QED) is 0.657. The lowest BCUT2D eigenvalue weighted by Crippen LogP contribution is -2.51. The van der Waals surface area contributed by atoms with Crippen LogP contribution in [0.3, 0.4) is 0 Å². The Morgan fingerprint density at radius 2 is 1.35 bits per heavy atom. The highest BCUT2D eigenvalue weighted by Crippen LogP contribution is 2.41. The third kappa shape index (κ3) is 4.39. The van der Waals surface area contributed by atoms with Crippen molar-refractivity contribution in [1.82, 2.24) is 9.80 Å². The zero-order valence-electron chi connectivity index (χ0n) is 18.3. The Labute approximate surface area is 193 Å². The Kier molecular flexibility index (Phi) is 5.80. The second kappa shape index (κ2) is 8.79. The second-order valence-corrected chi connectivity index (χ2v) is 8.22. The van der Waals surface area contributed by atoms with Gasteiger partial charge in [0.05, 0.1) is 6.04 Å². The molecule has 1 saturated heterocycles. The molecule has 11 heteroatoms. The van der Waals surface area contributed by atoms with E-state index >= 15 is 0 Å². The summed E-state index contributed by atoms with van der Waals surface area (Å²) >= 11 is 0. The first-order chi connectivity index (χ1) is 16.3. The van der Waals surface area contributed by atoms with Gasteiger partial charge in [-0.05, 0) is 42.3 Å². The highest BCUT2D eigenvalue weighted by Gasteiger charge is 2.40. The van der Waals surface area contributed by atoms with Crippen molar-refractivity contribution in [3.63, 3.8) is 0 Å².